The average Bonchev–Trinajstić information content (AvgIpc) is 3.33. The molecule has 8 nitrogen and oxygen atoms in total. The number of benzene rings is 2. The van der Waals surface area contributed by atoms with Gasteiger partial charge in [0.15, 0.2) is 5.82 Å². The highest BCUT2D eigenvalue weighted by atomic mass is 16.2. The van der Waals surface area contributed by atoms with E-state index in [0.717, 1.165) is 22.8 Å². The lowest BCUT2D eigenvalue weighted by Crippen LogP contribution is -2.29. The van der Waals surface area contributed by atoms with Crippen LogP contribution in [-0.2, 0) is 6.54 Å². The van der Waals surface area contributed by atoms with E-state index in [0.29, 0.717) is 11.5 Å². The minimum atomic E-state index is -0.321. The second kappa shape index (κ2) is 7.97. The van der Waals surface area contributed by atoms with E-state index in [1.807, 2.05) is 83.8 Å². The van der Waals surface area contributed by atoms with E-state index in [2.05, 4.69) is 25.9 Å². The Kier molecular flexibility index (Phi) is 5.07. The second-order valence-electron chi connectivity index (χ2n) is 6.65. The number of hydrogen-bond acceptors (Lipinski definition) is 4. The van der Waals surface area contributed by atoms with Gasteiger partial charge in [-0.1, -0.05) is 24.3 Å². The summed E-state index contributed by atoms with van der Waals surface area (Å²) in [5, 5.41) is 18.2. The summed E-state index contributed by atoms with van der Waals surface area (Å²) in [6.07, 6.45) is 1.63. The third-order valence-corrected chi connectivity index (χ3v) is 4.42. The SMILES string of the molecule is Cc1cc(C)n(-c2cccc(NC(=O)NCc3nncn3-c3ccccc3)c2)n1. The van der Waals surface area contributed by atoms with Gasteiger partial charge in [-0.2, -0.15) is 5.10 Å². The predicted octanol–water partition coefficient (Wildman–Crippen LogP) is 3.39. The Labute approximate surface area is 168 Å². The van der Waals surface area contributed by atoms with Crippen molar-refractivity contribution < 1.29 is 4.79 Å². The number of para-hydroxylation sites is 1. The standard InChI is InChI=1S/C21H21N7O/c1-15-11-16(2)28(26-15)19-10-6-7-17(12-19)24-21(29)22-13-20-25-23-14-27(20)18-8-4-3-5-9-18/h3-12,14H,13H2,1-2H3,(H2,22,24,29). The number of anilines is 1. The fourth-order valence-electron chi connectivity index (χ4n) is 3.12. The van der Waals surface area contributed by atoms with Crippen molar-refractivity contribution >= 4 is 11.7 Å². The van der Waals surface area contributed by atoms with Crippen LogP contribution in [0.15, 0.2) is 67.0 Å². The van der Waals surface area contributed by atoms with E-state index in [4.69, 9.17) is 0 Å². The van der Waals surface area contributed by atoms with Crippen molar-refractivity contribution in [1.29, 1.82) is 0 Å². The molecule has 0 bridgehead atoms. The van der Waals surface area contributed by atoms with Crippen LogP contribution < -0.4 is 10.6 Å². The molecule has 0 fully saturated rings. The van der Waals surface area contributed by atoms with Gasteiger partial charge < -0.3 is 10.6 Å². The molecule has 0 saturated carbocycles. The van der Waals surface area contributed by atoms with Crippen molar-refractivity contribution in [3.63, 3.8) is 0 Å². The molecule has 0 aliphatic carbocycles. The minimum absolute atomic E-state index is 0.248. The van der Waals surface area contributed by atoms with Gasteiger partial charge >= 0.3 is 6.03 Å². The highest BCUT2D eigenvalue weighted by Gasteiger charge is 2.09. The number of hydrogen-bond donors (Lipinski definition) is 2. The molecule has 146 valence electrons. The number of carbonyl (C=O) groups excluding carboxylic acids is 1. The van der Waals surface area contributed by atoms with E-state index in [9.17, 15) is 4.79 Å². The van der Waals surface area contributed by atoms with Crippen LogP contribution in [0.2, 0.25) is 0 Å². The minimum Gasteiger partial charge on any atom is -0.331 e. The van der Waals surface area contributed by atoms with Gasteiger partial charge in [-0.3, -0.25) is 4.57 Å². The first-order valence-corrected chi connectivity index (χ1v) is 9.23. The van der Waals surface area contributed by atoms with Crippen LogP contribution in [0.1, 0.15) is 17.2 Å². The number of rotatable bonds is 5. The monoisotopic (exact) mass is 387 g/mol. The molecule has 8 heteroatoms. The van der Waals surface area contributed by atoms with Crippen LogP contribution in [0.25, 0.3) is 11.4 Å². The van der Waals surface area contributed by atoms with E-state index in [-0.39, 0.29) is 12.6 Å². The number of carbonyl (C=O) groups is 1. The van der Waals surface area contributed by atoms with Gasteiger partial charge in [-0.05, 0) is 50.2 Å². The van der Waals surface area contributed by atoms with Gasteiger partial charge in [-0.15, -0.1) is 10.2 Å². The maximum atomic E-state index is 12.4. The number of nitrogens with one attached hydrogen (secondary N) is 2. The summed E-state index contributed by atoms with van der Waals surface area (Å²) in [5.41, 5.74) is 4.48. The van der Waals surface area contributed by atoms with Crippen molar-refractivity contribution in [2.45, 2.75) is 20.4 Å². The molecule has 0 unspecified atom stereocenters. The van der Waals surface area contributed by atoms with Gasteiger partial charge in [0.05, 0.1) is 17.9 Å². The van der Waals surface area contributed by atoms with Crippen LogP contribution in [0.3, 0.4) is 0 Å². The van der Waals surface area contributed by atoms with Crippen LogP contribution >= 0.6 is 0 Å². The molecule has 2 N–H and O–H groups in total. The molecule has 2 aromatic carbocycles. The smallest absolute Gasteiger partial charge is 0.319 e. The normalized spacial score (nSPS) is 10.7. The van der Waals surface area contributed by atoms with Crippen LogP contribution in [0.4, 0.5) is 10.5 Å². The summed E-state index contributed by atoms with van der Waals surface area (Å²) in [4.78, 5) is 12.4. The number of aromatic nitrogens is 5. The lowest BCUT2D eigenvalue weighted by Gasteiger charge is -2.10. The quantitative estimate of drug-likeness (QED) is 0.549. The van der Waals surface area contributed by atoms with Crippen molar-refractivity contribution in [1.82, 2.24) is 29.9 Å². The molecule has 2 heterocycles. The molecule has 29 heavy (non-hydrogen) atoms. The molecule has 4 aromatic rings. The molecule has 2 amide bonds. The molecular weight excluding hydrogens is 366 g/mol. The second-order valence-corrected chi connectivity index (χ2v) is 6.65. The maximum Gasteiger partial charge on any atom is 0.319 e. The molecule has 0 radical (unpaired) electrons. The molecule has 0 saturated heterocycles. The van der Waals surface area contributed by atoms with Crippen LogP contribution in [-0.4, -0.2) is 30.6 Å². The molecule has 0 aliphatic heterocycles. The maximum absolute atomic E-state index is 12.4. The first-order valence-electron chi connectivity index (χ1n) is 9.23. The van der Waals surface area contributed by atoms with Gasteiger partial charge in [0.2, 0.25) is 0 Å². The van der Waals surface area contributed by atoms with E-state index in [1.54, 1.807) is 6.33 Å². The summed E-state index contributed by atoms with van der Waals surface area (Å²) < 4.78 is 3.68. The summed E-state index contributed by atoms with van der Waals surface area (Å²) in [7, 11) is 0. The van der Waals surface area contributed by atoms with Gasteiger partial charge in [0.1, 0.15) is 6.33 Å². The van der Waals surface area contributed by atoms with Crippen LogP contribution in [0.5, 0.6) is 0 Å². The predicted molar refractivity (Wildman–Crippen MR) is 110 cm³/mol. The molecule has 0 aliphatic rings. The summed E-state index contributed by atoms with van der Waals surface area (Å²) in [6.45, 7) is 4.20. The van der Waals surface area contributed by atoms with E-state index in [1.165, 1.54) is 0 Å². The van der Waals surface area contributed by atoms with Gasteiger partial charge in [0.25, 0.3) is 0 Å². The lowest BCUT2D eigenvalue weighted by molar-refractivity contribution is 0.251. The zero-order valence-corrected chi connectivity index (χ0v) is 16.2. The fourth-order valence-corrected chi connectivity index (χ4v) is 3.12. The Bertz CT molecular complexity index is 1130. The largest absolute Gasteiger partial charge is 0.331 e. The van der Waals surface area contributed by atoms with E-state index < -0.39 is 0 Å². The van der Waals surface area contributed by atoms with Crippen molar-refractivity contribution in [2.24, 2.45) is 0 Å². The Hall–Kier alpha value is -3.94. The summed E-state index contributed by atoms with van der Waals surface area (Å²) in [5.74, 6) is 0.641. The molecule has 0 spiro atoms. The molecule has 4 rings (SSSR count). The number of urea groups is 1. The zero-order chi connectivity index (χ0) is 20.2. The number of aryl methyl sites for hydroxylation is 2. The Balaban J connectivity index is 1.42. The summed E-state index contributed by atoms with van der Waals surface area (Å²) >= 11 is 0. The van der Waals surface area contributed by atoms with Crippen molar-refractivity contribution in [3.8, 4) is 11.4 Å². The highest BCUT2D eigenvalue weighted by Crippen LogP contribution is 2.17. The van der Waals surface area contributed by atoms with Crippen molar-refractivity contribution in [2.75, 3.05) is 5.32 Å². The average molecular weight is 387 g/mol. The lowest BCUT2D eigenvalue weighted by atomic mass is 10.2. The first-order chi connectivity index (χ1) is 14.1. The molecular formula is C21H21N7O. The first kappa shape index (κ1) is 18.4. The topological polar surface area (TPSA) is 89.7 Å². The van der Waals surface area contributed by atoms with Gasteiger partial charge in [-0.25, -0.2) is 9.48 Å². The number of nitrogens with zero attached hydrogens (tertiary/aromatic N) is 5. The summed E-state index contributed by atoms with van der Waals surface area (Å²) in [6, 6.07) is 19.0. The fraction of sp³-hybridized carbons (Fsp3) is 0.143. The molecule has 0 atom stereocenters. The third-order valence-electron chi connectivity index (χ3n) is 4.42. The van der Waals surface area contributed by atoms with E-state index >= 15 is 0 Å². The highest BCUT2D eigenvalue weighted by molar-refractivity contribution is 5.89. The van der Waals surface area contributed by atoms with Gasteiger partial charge in [0, 0.05) is 17.1 Å². The zero-order valence-electron chi connectivity index (χ0n) is 16.2. The van der Waals surface area contributed by atoms with Crippen LogP contribution in [0, 0.1) is 13.8 Å². The van der Waals surface area contributed by atoms with Crippen molar-refractivity contribution in [3.05, 3.63) is 84.2 Å². The Morgan fingerprint density at radius 1 is 1.00 bits per heavy atom. The Morgan fingerprint density at radius 3 is 2.55 bits per heavy atom. The number of amides is 2. The third kappa shape index (κ3) is 4.16. The Morgan fingerprint density at radius 2 is 1.79 bits per heavy atom. The molecule has 2 aromatic heterocycles.